The van der Waals surface area contributed by atoms with E-state index in [9.17, 15) is 9.90 Å². The lowest BCUT2D eigenvalue weighted by Crippen LogP contribution is -2.36. The number of fused-ring (bicyclic) bond motifs is 3. The summed E-state index contributed by atoms with van der Waals surface area (Å²) < 4.78 is 5.62. The first kappa shape index (κ1) is 20.2. The number of rotatable bonds is 7. The summed E-state index contributed by atoms with van der Waals surface area (Å²) in [5, 5.41) is 18.1. The summed E-state index contributed by atoms with van der Waals surface area (Å²) in [7, 11) is 3.74. The Balaban J connectivity index is 1.50. The number of hydrogen-bond donors (Lipinski definition) is 2. The molecule has 6 rings (SSSR count). The number of aliphatic hydroxyl groups excluding tert-OH is 1. The first-order chi connectivity index (χ1) is 16.0. The van der Waals surface area contributed by atoms with Gasteiger partial charge in [0, 0.05) is 44.2 Å². The fraction of sp³-hybridized carbons (Fsp3) is 0.478. The van der Waals surface area contributed by atoms with Gasteiger partial charge in [0.25, 0.3) is 5.91 Å². The number of nitrogens with zero attached hydrogens (tertiary/aromatic N) is 7. The minimum Gasteiger partial charge on any atom is -0.390 e. The molecule has 0 unspecified atom stereocenters. The topological polar surface area (TPSA) is 106 Å². The van der Waals surface area contributed by atoms with Crippen molar-refractivity contribution in [2.75, 3.05) is 5.32 Å². The molecule has 0 bridgehead atoms. The molecule has 0 atom stereocenters. The van der Waals surface area contributed by atoms with Gasteiger partial charge in [0.15, 0.2) is 11.6 Å². The van der Waals surface area contributed by atoms with Crippen LogP contribution in [-0.4, -0.2) is 56.9 Å². The maximum atomic E-state index is 13.7. The van der Waals surface area contributed by atoms with Gasteiger partial charge in [-0.1, -0.05) is 0 Å². The number of carbonyl (C=O) groups is 1. The normalized spacial score (nSPS) is 16.1. The highest BCUT2D eigenvalue weighted by molar-refractivity contribution is 6.10. The van der Waals surface area contributed by atoms with E-state index in [0.29, 0.717) is 41.7 Å². The number of aromatic nitrogens is 6. The summed E-state index contributed by atoms with van der Waals surface area (Å²) in [5.41, 5.74) is 3.78. The average Bonchev–Trinajstić information content (AvgIpc) is 3.71. The second-order valence-electron chi connectivity index (χ2n) is 9.13. The number of pyridine rings is 1. The molecular formula is C23H28N8O2. The Kier molecular flexibility index (Phi) is 4.48. The first-order valence-corrected chi connectivity index (χ1v) is 11.6. The molecule has 4 heterocycles. The third-order valence-corrected chi connectivity index (χ3v) is 6.74. The number of anilines is 2. The van der Waals surface area contributed by atoms with Gasteiger partial charge in [-0.2, -0.15) is 5.10 Å². The molecule has 2 aliphatic carbocycles. The van der Waals surface area contributed by atoms with Gasteiger partial charge >= 0.3 is 0 Å². The molecule has 0 radical (unpaired) electrons. The molecule has 0 spiro atoms. The molecule has 4 aromatic heterocycles. The third kappa shape index (κ3) is 3.19. The lowest BCUT2D eigenvalue weighted by molar-refractivity contribution is 0.0719. The van der Waals surface area contributed by atoms with Crippen LogP contribution in [0.5, 0.6) is 0 Å². The Morgan fingerprint density at radius 2 is 1.94 bits per heavy atom. The van der Waals surface area contributed by atoms with Crippen LogP contribution in [0.25, 0.3) is 22.1 Å². The van der Waals surface area contributed by atoms with Crippen molar-refractivity contribution in [3.63, 3.8) is 0 Å². The van der Waals surface area contributed by atoms with Crippen molar-refractivity contribution in [2.45, 2.75) is 57.8 Å². The van der Waals surface area contributed by atoms with Crippen molar-refractivity contribution in [3.8, 4) is 0 Å². The molecule has 0 aromatic carbocycles. The van der Waals surface area contributed by atoms with Crippen LogP contribution in [0.3, 0.4) is 0 Å². The average molecular weight is 449 g/mol. The van der Waals surface area contributed by atoms with Crippen LogP contribution in [0.1, 0.15) is 48.8 Å². The van der Waals surface area contributed by atoms with Crippen molar-refractivity contribution < 1.29 is 9.90 Å². The standard InChI is InChI=1S/C23H28N8O2/c1-4-30-17(23(33)31(13-5-6-13)14-7-8-14)10-16-20-19(24-12-28(20)2)21(26-22(16)30)25-18-9-15(11-32)29(3)27-18/h9-10,12-14,32H,4-8,11H2,1-3H3,(H,25,26,27). The highest BCUT2D eigenvalue weighted by atomic mass is 16.3. The molecule has 10 heteroatoms. The van der Waals surface area contributed by atoms with Gasteiger partial charge in [-0.25, -0.2) is 9.97 Å². The Hall–Kier alpha value is -3.40. The van der Waals surface area contributed by atoms with E-state index in [0.717, 1.165) is 47.8 Å². The van der Waals surface area contributed by atoms with Gasteiger partial charge in [-0.15, -0.1) is 0 Å². The van der Waals surface area contributed by atoms with E-state index in [1.54, 1.807) is 24.1 Å². The number of amides is 1. The van der Waals surface area contributed by atoms with E-state index in [-0.39, 0.29) is 12.5 Å². The first-order valence-electron chi connectivity index (χ1n) is 11.6. The quantitative estimate of drug-likeness (QED) is 0.450. The zero-order valence-corrected chi connectivity index (χ0v) is 19.1. The molecule has 0 aliphatic heterocycles. The van der Waals surface area contributed by atoms with E-state index in [1.165, 1.54) is 0 Å². The molecule has 1 amide bonds. The van der Waals surface area contributed by atoms with E-state index in [1.807, 2.05) is 29.2 Å². The maximum Gasteiger partial charge on any atom is 0.271 e. The van der Waals surface area contributed by atoms with Crippen LogP contribution in [0.4, 0.5) is 11.6 Å². The van der Waals surface area contributed by atoms with Crippen LogP contribution >= 0.6 is 0 Å². The molecule has 10 nitrogen and oxygen atoms in total. The molecule has 2 N–H and O–H groups in total. The zero-order chi connectivity index (χ0) is 22.9. The van der Waals surface area contributed by atoms with Crippen molar-refractivity contribution >= 4 is 39.6 Å². The van der Waals surface area contributed by atoms with Crippen molar-refractivity contribution in [2.24, 2.45) is 14.1 Å². The Morgan fingerprint density at radius 1 is 1.21 bits per heavy atom. The fourth-order valence-corrected chi connectivity index (χ4v) is 4.80. The molecule has 2 saturated carbocycles. The van der Waals surface area contributed by atoms with Gasteiger partial charge in [0.05, 0.1) is 24.1 Å². The van der Waals surface area contributed by atoms with Gasteiger partial charge in [0.1, 0.15) is 16.9 Å². The third-order valence-electron chi connectivity index (χ3n) is 6.74. The number of imidazole rings is 1. The van der Waals surface area contributed by atoms with Crippen molar-refractivity contribution in [1.82, 2.24) is 33.8 Å². The van der Waals surface area contributed by atoms with Gasteiger partial charge in [0.2, 0.25) is 0 Å². The Bertz CT molecular complexity index is 1380. The predicted molar refractivity (Wildman–Crippen MR) is 124 cm³/mol. The fourth-order valence-electron chi connectivity index (χ4n) is 4.80. The lowest BCUT2D eigenvalue weighted by Gasteiger charge is -2.22. The second kappa shape index (κ2) is 7.31. The van der Waals surface area contributed by atoms with Crippen LogP contribution in [0.2, 0.25) is 0 Å². The zero-order valence-electron chi connectivity index (χ0n) is 19.1. The number of aliphatic hydroxyl groups is 1. The second-order valence-corrected chi connectivity index (χ2v) is 9.13. The highest BCUT2D eigenvalue weighted by Crippen LogP contribution is 2.39. The monoisotopic (exact) mass is 448 g/mol. The van der Waals surface area contributed by atoms with Gasteiger partial charge < -0.3 is 24.5 Å². The molecule has 4 aromatic rings. The molecule has 2 aliphatic rings. The van der Waals surface area contributed by atoms with Crippen LogP contribution in [0, 0.1) is 0 Å². The maximum absolute atomic E-state index is 13.7. The molecule has 172 valence electrons. The van der Waals surface area contributed by atoms with Gasteiger partial charge in [-0.05, 0) is 38.7 Å². The Morgan fingerprint density at radius 3 is 2.55 bits per heavy atom. The smallest absolute Gasteiger partial charge is 0.271 e. The van der Waals surface area contributed by atoms with E-state index in [4.69, 9.17) is 4.98 Å². The minimum absolute atomic E-state index is 0.0979. The highest BCUT2D eigenvalue weighted by Gasteiger charge is 2.43. The van der Waals surface area contributed by atoms with Crippen LogP contribution in [-0.2, 0) is 27.2 Å². The van der Waals surface area contributed by atoms with E-state index < -0.39 is 0 Å². The summed E-state index contributed by atoms with van der Waals surface area (Å²) >= 11 is 0. The van der Waals surface area contributed by atoms with Crippen molar-refractivity contribution in [3.05, 3.63) is 29.8 Å². The predicted octanol–water partition coefficient (Wildman–Crippen LogP) is 2.68. The van der Waals surface area contributed by atoms with E-state index in [2.05, 4.69) is 20.3 Å². The largest absolute Gasteiger partial charge is 0.390 e. The van der Waals surface area contributed by atoms with Crippen LogP contribution < -0.4 is 5.32 Å². The molecule has 33 heavy (non-hydrogen) atoms. The SMILES string of the molecule is CCn1c(C(=O)N(C2CC2)C2CC2)cc2c3c(ncn3C)c(Nc3cc(CO)n(C)n3)nc21. The minimum atomic E-state index is -0.0979. The number of hydrogen-bond acceptors (Lipinski definition) is 6. The Labute approximate surface area is 190 Å². The summed E-state index contributed by atoms with van der Waals surface area (Å²) in [6, 6.07) is 4.56. The lowest BCUT2D eigenvalue weighted by atomic mass is 10.2. The summed E-state index contributed by atoms with van der Waals surface area (Å²) in [6.45, 7) is 2.59. The van der Waals surface area contributed by atoms with Gasteiger partial charge in [-0.3, -0.25) is 9.48 Å². The molecule has 0 saturated heterocycles. The number of aryl methyl sites for hydroxylation is 3. The molecule has 2 fully saturated rings. The summed E-state index contributed by atoms with van der Waals surface area (Å²) in [5.74, 6) is 1.27. The number of carbonyl (C=O) groups excluding carboxylic acids is 1. The molecular weight excluding hydrogens is 420 g/mol. The summed E-state index contributed by atoms with van der Waals surface area (Å²) in [4.78, 5) is 25.3. The number of nitrogens with one attached hydrogen (secondary N) is 1. The van der Waals surface area contributed by atoms with E-state index >= 15 is 0 Å². The van der Waals surface area contributed by atoms with Crippen molar-refractivity contribution in [1.29, 1.82) is 0 Å². The van der Waals surface area contributed by atoms with Crippen LogP contribution in [0.15, 0.2) is 18.5 Å². The summed E-state index contributed by atoms with van der Waals surface area (Å²) in [6.07, 6.45) is 6.18.